The second kappa shape index (κ2) is 43.7. The zero-order valence-corrected chi connectivity index (χ0v) is 66.7. The van der Waals surface area contributed by atoms with Crippen molar-refractivity contribution in [2.75, 3.05) is 30.3 Å². The number of hydrogen-bond acceptors (Lipinski definition) is 19. The van der Waals surface area contributed by atoms with Gasteiger partial charge in [0.2, 0.25) is 76.8 Å². The summed E-state index contributed by atoms with van der Waals surface area (Å²) in [5, 5.41) is 50.3. The average molecular weight is 1660 g/mol. The van der Waals surface area contributed by atoms with Crippen molar-refractivity contribution in [3.8, 4) is 0 Å². The number of hydrogen-bond donors (Lipinski definition) is 18. The molecule has 2 aliphatic rings. The van der Waals surface area contributed by atoms with E-state index >= 15 is 28.8 Å². The van der Waals surface area contributed by atoms with E-state index in [1.54, 1.807) is 36.4 Å². The van der Waals surface area contributed by atoms with Crippen molar-refractivity contribution in [2.24, 2.45) is 11.5 Å². The second-order valence-corrected chi connectivity index (χ2v) is 29.8. The number of aliphatic hydroxyl groups is 1. The molecule has 5 aromatic carbocycles. The van der Waals surface area contributed by atoms with E-state index in [4.69, 9.17) is 23.1 Å². The van der Waals surface area contributed by atoms with Gasteiger partial charge >= 0.3 is 12.1 Å². The minimum atomic E-state index is -1.94. The highest BCUT2D eigenvalue weighted by atomic mass is 35.5. The number of unbranched alkanes of at least 4 members (excludes halogenated alkanes) is 1. The standard InChI is InChI=1S/C82H99ClN20O16/c1-45(2)88-31-8-7-14-59(80(117)103-32-10-15-68(103)79(116)90-46(3)70(84)107)94-77(114)65(39-58-42-87-44-89-58)99-75(112)62(35-50-21-28-57(29-22-50)93-81(85)118)96-74(111)63(36-49-19-26-56(27-20-49)92-71(108)66-40-69(106)102-82(119)101-66)98-78(115)67(43-104)100-76(113)64(38-52-11-9-30-86-41-52)97-73(110)61(34-48-17-24-55(83)25-18-48)95-72(109)60(91-47(4)105)37-51-16-23-53-12-5-6-13-54(53)33-51/h5-6,9,11-13,16-30,33,41-42,44-46,59-68,88,104H,7-8,10,14-15,31-32,34-40,43H2,1-4H3,(H2,84,107)(H,87,89)(H,90,116)(H,91,105)(H,92,108)(H,94,114)(H,95,109)(H,96,111)(H,97,110)(H,98,115)(H,99,112)(H,100,113)(H3,85,93,118)(H2,101,102,106,119)/t46-,59+,60-,61-,62-,63+,64-,65+,66+,67+,68+/m1/s1. The van der Waals surface area contributed by atoms with Gasteiger partial charge in [-0.2, -0.15) is 0 Å². The molecule has 9 rings (SSSR count). The third-order valence-corrected chi connectivity index (χ3v) is 20.0. The predicted molar refractivity (Wildman–Crippen MR) is 437 cm³/mol. The molecule has 11 atom stereocenters. The van der Waals surface area contributed by atoms with Crippen LogP contribution in [0.1, 0.15) is 99.7 Å². The first-order valence-electron chi connectivity index (χ1n) is 38.8. The molecule has 0 saturated carbocycles. The van der Waals surface area contributed by atoms with Crippen LogP contribution < -0.4 is 85.9 Å². The highest BCUT2D eigenvalue weighted by Crippen LogP contribution is 2.23. The van der Waals surface area contributed by atoms with Crippen molar-refractivity contribution in [3.63, 3.8) is 0 Å². The summed E-state index contributed by atoms with van der Waals surface area (Å²) in [5.74, 6) is -11.0. The van der Waals surface area contributed by atoms with Crippen LogP contribution in [-0.2, 0) is 101 Å². The SMILES string of the molecule is CC(=O)N[C@H](Cc1ccc2ccccc2c1)C(=O)N[C@H](Cc1ccc(Cl)cc1)C(=O)N[C@H](Cc1cccnc1)C(=O)N[C@@H](CO)C(=O)N[C@@H](Cc1ccc(NC(=O)[C@@H]2CC(=O)NC(=O)N2)cc1)C(=O)N[C@H](Cc1ccc(NC(N)=O)cc1)C(=O)N[C@@H](Cc1c[nH]cn1)C(=O)N[C@@H](CCCCNC(C)C)C(=O)N1CCC[C@H]1C(=O)N[C@H](C)C(N)=O. The normalized spacial score (nSPS) is 16.0. The van der Waals surface area contributed by atoms with E-state index in [0.29, 0.717) is 53.1 Å². The number of benzene rings is 5. The van der Waals surface area contributed by atoms with Crippen molar-refractivity contribution in [2.45, 2.75) is 177 Å². The molecule has 2 fully saturated rings. The number of primary amides is 2. The second-order valence-electron chi connectivity index (χ2n) is 29.4. The first-order chi connectivity index (χ1) is 56.9. The lowest BCUT2D eigenvalue weighted by Gasteiger charge is -2.30. The number of rotatable bonds is 41. The van der Waals surface area contributed by atoms with Crippen molar-refractivity contribution in [1.29, 1.82) is 0 Å². The Morgan fingerprint density at radius 2 is 1.06 bits per heavy atom. The molecule has 0 aliphatic carbocycles. The number of amides is 17. The summed E-state index contributed by atoms with van der Waals surface area (Å²) in [6.45, 7) is 6.09. The Labute approximate surface area is 689 Å². The van der Waals surface area contributed by atoms with Gasteiger partial charge in [-0.3, -0.25) is 72.6 Å². The number of anilines is 2. The van der Waals surface area contributed by atoms with Crippen LogP contribution >= 0.6 is 11.6 Å². The molecule has 36 nitrogen and oxygen atoms in total. The van der Waals surface area contributed by atoms with Crippen molar-refractivity contribution in [3.05, 3.63) is 191 Å². The molecule has 4 heterocycles. The van der Waals surface area contributed by atoms with E-state index in [-0.39, 0.29) is 86.6 Å². The number of carbonyl (C=O) groups excluding carboxylic acids is 15. The maximum absolute atomic E-state index is 15.5. The molecule has 7 aromatic rings. The van der Waals surface area contributed by atoms with E-state index in [1.165, 1.54) is 92.2 Å². The minimum Gasteiger partial charge on any atom is -0.394 e. The lowest BCUT2D eigenvalue weighted by Crippen LogP contribution is -2.62. The topological polar surface area (TPSA) is 542 Å². The number of nitrogens with one attached hydrogen (secondary N) is 15. The lowest BCUT2D eigenvalue weighted by molar-refractivity contribution is -0.142. The third kappa shape index (κ3) is 27.7. The van der Waals surface area contributed by atoms with Gasteiger partial charge in [-0.15, -0.1) is 0 Å². The van der Waals surface area contributed by atoms with Crippen LogP contribution in [0, 0.1) is 0 Å². The minimum absolute atomic E-state index is 0.00108. The van der Waals surface area contributed by atoms with E-state index in [0.717, 1.165) is 10.8 Å². The fraction of sp³-hybridized carbons (Fsp3) is 0.378. The number of aromatic amines is 1. The number of fused-ring (bicyclic) bond motifs is 1. The van der Waals surface area contributed by atoms with E-state index in [9.17, 15) is 48.3 Å². The van der Waals surface area contributed by atoms with Crippen molar-refractivity contribution < 1.29 is 77.0 Å². The highest BCUT2D eigenvalue weighted by molar-refractivity contribution is 6.30. The first kappa shape index (κ1) is 89.7. The zero-order valence-electron chi connectivity index (χ0n) is 65.9. The molecule has 37 heteroatoms. The molecule has 0 unspecified atom stereocenters. The summed E-state index contributed by atoms with van der Waals surface area (Å²) < 4.78 is 0. The highest BCUT2D eigenvalue weighted by Gasteiger charge is 2.41. The van der Waals surface area contributed by atoms with Crippen molar-refractivity contribution >= 4 is 123 Å². The summed E-state index contributed by atoms with van der Waals surface area (Å²) >= 11 is 6.27. The Kier molecular flexibility index (Phi) is 32.9. The monoisotopic (exact) mass is 1650 g/mol. The Morgan fingerprint density at radius 3 is 1.57 bits per heavy atom. The van der Waals surface area contributed by atoms with Gasteiger partial charge in [-0.1, -0.05) is 110 Å². The summed E-state index contributed by atoms with van der Waals surface area (Å²) in [5.41, 5.74) is 13.7. The summed E-state index contributed by atoms with van der Waals surface area (Å²) in [6, 6.07) is 16.7. The number of halogens is 1. The molecular weight excluding hydrogens is 1560 g/mol. The molecule has 2 aromatic heterocycles. The first-order valence-corrected chi connectivity index (χ1v) is 39.2. The summed E-state index contributed by atoms with van der Waals surface area (Å²) in [6.07, 6.45) is 5.30. The molecule has 2 saturated heterocycles. The fourth-order valence-corrected chi connectivity index (χ4v) is 13.6. The molecule has 2 aliphatic heterocycles. The van der Waals surface area contributed by atoms with Crippen LogP contribution in [0.5, 0.6) is 0 Å². The molecule has 119 heavy (non-hydrogen) atoms. The third-order valence-electron chi connectivity index (χ3n) is 19.7. The number of nitrogens with zero attached hydrogens (tertiary/aromatic N) is 3. The predicted octanol–water partition coefficient (Wildman–Crippen LogP) is 0.434. The number of likely N-dealkylation sites (tertiary alicyclic amines) is 1. The van der Waals surface area contributed by atoms with Gasteiger partial charge in [0.05, 0.1) is 25.0 Å². The largest absolute Gasteiger partial charge is 0.394 e. The summed E-state index contributed by atoms with van der Waals surface area (Å²) in [4.78, 5) is 221. The number of H-pyrrole nitrogens is 1. The number of aromatic nitrogens is 3. The number of aliphatic hydroxyl groups excluding tert-OH is 1. The Balaban J connectivity index is 1.02. The van der Waals surface area contributed by atoms with Gasteiger partial charge in [-0.05, 0) is 127 Å². The van der Waals surface area contributed by atoms with Crippen molar-refractivity contribution in [1.82, 2.24) is 83.7 Å². The molecule has 630 valence electrons. The molecule has 20 N–H and O–H groups in total. The number of carbonyl (C=O) groups is 15. The Morgan fingerprint density at radius 1 is 0.555 bits per heavy atom. The van der Waals surface area contributed by atoms with Gasteiger partial charge in [0.1, 0.15) is 66.5 Å². The van der Waals surface area contributed by atoms with Gasteiger partial charge in [-0.25, -0.2) is 14.6 Å². The molecular formula is C82H99ClN20O16. The van der Waals surface area contributed by atoms with Crippen LogP contribution in [0.3, 0.4) is 0 Å². The van der Waals surface area contributed by atoms with Crippen LogP contribution in [0.25, 0.3) is 10.8 Å². The molecule has 0 spiro atoms. The smallest absolute Gasteiger partial charge is 0.322 e. The van der Waals surface area contributed by atoms with Gasteiger partial charge in [0, 0.05) is 93.0 Å². The van der Waals surface area contributed by atoms with E-state index in [2.05, 4.69) is 84.1 Å². The number of urea groups is 2. The fourth-order valence-electron chi connectivity index (χ4n) is 13.5. The lowest BCUT2D eigenvalue weighted by atomic mass is 9.99. The molecule has 17 amide bonds. The molecule has 0 radical (unpaired) electrons. The maximum atomic E-state index is 15.5. The van der Waals surface area contributed by atoms with Crippen LogP contribution in [-0.4, -0.2) is 206 Å². The number of imidazole rings is 1. The number of imide groups is 1. The van der Waals surface area contributed by atoms with Crippen LogP contribution in [0.4, 0.5) is 21.0 Å². The van der Waals surface area contributed by atoms with Gasteiger partial charge < -0.3 is 95.6 Å². The van der Waals surface area contributed by atoms with E-state index < -0.39 is 168 Å². The zero-order chi connectivity index (χ0) is 85.8. The van der Waals surface area contributed by atoms with Gasteiger partial charge in [0.25, 0.3) is 0 Å². The average Bonchev–Trinajstić information content (AvgIpc) is 1.68. The number of nitrogens with two attached hydrogens (primary N) is 2. The van der Waals surface area contributed by atoms with Crippen LogP contribution in [0.15, 0.2) is 152 Å². The summed E-state index contributed by atoms with van der Waals surface area (Å²) in [7, 11) is 0. The quantitative estimate of drug-likeness (QED) is 0.0231. The number of pyridine rings is 1. The van der Waals surface area contributed by atoms with Gasteiger partial charge in [0.15, 0.2) is 0 Å². The maximum Gasteiger partial charge on any atom is 0.322 e. The molecule has 0 bridgehead atoms. The Hall–Kier alpha value is -13.2. The van der Waals surface area contributed by atoms with Crippen LogP contribution in [0.2, 0.25) is 5.02 Å². The van der Waals surface area contributed by atoms with E-state index in [1.807, 2.05) is 61.6 Å². The Bertz CT molecular complexity index is 4760.